The summed E-state index contributed by atoms with van der Waals surface area (Å²) in [6.07, 6.45) is 0. The summed E-state index contributed by atoms with van der Waals surface area (Å²) >= 11 is 12.2. The van der Waals surface area contributed by atoms with E-state index in [1.807, 2.05) is 12.1 Å². The molecule has 84 valence electrons. The second-order valence-electron chi connectivity index (χ2n) is 4.40. The molecule has 0 heterocycles. The summed E-state index contributed by atoms with van der Waals surface area (Å²) in [6, 6.07) is 5.54. The summed E-state index contributed by atoms with van der Waals surface area (Å²) in [6.45, 7) is 6.97. The van der Waals surface area contributed by atoms with E-state index in [1.165, 1.54) is 0 Å². The third kappa shape index (κ3) is 2.47. The minimum atomic E-state index is -0.123. The van der Waals surface area contributed by atoms with Gasteiger partial charge in [-0.1, -0.05) is 44.0 Å². The molecule has 0 aliphatic carbocycles. The Kier molecular flexibility index (Phi) is 4.05. The van der Waals surface area contributed by atoms with E-state index in [2.05, 4.69) is 20.8 Å². The highest BCUT2D eigenvalue weighted by molar-refractivity contribution is 6.33. The zero-order valence-corrected chi connectivity index (χ0v) is 10.9. The molecule has 0 aliphatic rings. The quantitative estimate of drug-likeness (QED) is 0.860. The van der Waals surface area contributed by atoms with Crippen LogP contribution >= 0.6 is 23.2 Å². The average Bonchev–Trinajstić information content (AvgIpc) is 2.20. The number of hydrogen-bond donors (Lipinski definition) is 1. The Morgan fingerprint density at radius 3 is 2.40 bits per heavy atom. The summed E-state index contributed by atoms with van der Waals surface area (Å²) < 4.78 is 0. The zero-order chi connectivity index (χ0) is 11.6. The first-order valence-electron chi connectivity index (χ1n) is 5.07. The van der Waals surface area contributed by atoms with Gasteiger partial charge in [0, 0.05) is 22.0 Å². The number of benzene rings is 1. The number of nitrogens with two attached hydrogens (primary N) is 1. The molecule has 0 amide bonds. The molecule has 1 rings (SSSR count). The molecule has 1 nitrogen and oxygen atoms in total. The highest BCUT2D eigenvalue weighted by atomic mass is 35.5. The van der Waals surface area contributed by atoms with E-state index in [-0.39, 0.29) is 5.41 Å². The van der Waals surface area contributed by atoms with Gasteiger partial charge in [0.1, 0.15) is 0 Å². The largest absolute Gasteiger partial charge is 0.330 e. The molecule has 15 heavy (non-hydrogen) atoms. The number of rotatable bonds is 3. The molecule has 0 fully saturated rings. The molecular formula is C12H17Cl2N. The van der Waals surface area contributed by atoms with Crippen molar-refractivity contribution in [2.45, 2.75) is 26.2 Å². The normalized spacial score (nSPS) is 15.4. The van der Waals surface area contributed by atoms with Gasteiger partial charge in [-0.05, 0) is 29.7 Å². The molecule has 1 atom stereocenters. The van der Waals surface area contributed by atoms with E-state index in [4.69, 9.17) is 28.9 Å². The third-order valence-corrected chi connectivity index (χ3v) is 3.81. The van der Waals surface area contributed by atoms with Gasteiger partial charge in [0.25, 0.3) is 0 Å². The maximum Gasteiger partial charge on any atom is 0.0445 e. The highest BCUT2D eigenvalue weighted by Gasteiger charge is 2.31. The van der Waals surface area contributed by atoms with Gasteiger partial charge in [-0.3, -0.25) is 0 Å². The standard InChI is InChI=1S/C12H17Cl2N/c1-8(2)12(3,7-15)10-6-9(13)4-5-11(10)14/h4-6,8H,7,15H2,1-3H3. The lowest BCUT2D eigenvalue weighted by molar-refractivity contribution is 0.347. The van der Waals surface area contributed by atoms with E-state index < -0.39 is 0 Å². The zero-order valence-electron chi connectivity index (χ0n) is 9.35. The van der Waals surface area contributed by atoms with E-state index in [0.717, 1.165) is 10.6 Å². The lowest BCUT2D eigenvalue weighted by Crippen LogP contribution is -2.37. The van der Waals surface area contributed by atoms with Crippen molar-refractivity contribution in [1.29, 1.82) is 0 Å². The summed E-state index contributed by atoms with van der Waals surface area (Å²) in [7, 11) is 0. The second-order valence-corrected chi connectivity index (χ2v) is 5.24. The van der Waals surface area contributed by atoms with E-state index in [1.54, 1.807) is 6.07 Å². The van der Waals surface area contributed by atoms with Crippen molar-refractivity contribution in [3.05, 3.63) is 33.8 Å². The van der Waals surface area contributed by atoms with Gasteiger partial charge in [-0.15, -0.1) is 0 Å². The van der Waals surface area contributed by atoms with Gasteiger partial charge in [0.05, 0.1) is 0 Å². The Balaban J connectivity index is 3.29. The topological polar surface area (TPSA) is 26.0 Å². The molecule has 2 N–H and O–H groups in total. The lowest BCUT2D eigenvalue weighted by atomic mass is 9.73. The predicted molar refractivity (Wildman–Crippen MR) is 67.7 cm³/mol. The molecule has 0 aliphatic heterocycles. The third-order valence-electron chi connectivity index (χ3n) is 3.24. The predicted octanol–water partition coefficient (Wildman–Crippen LogP) is 3.87. The van der Waals surface area contributed by atoms with Crippen LogP contribution in [0.5, 0.6) is 0 Å². The minimum absolute atomic E-state index is 0.123. The summed E-state index contributed by atoms with van der Waals surface area (Å²) in [5.41, 5.74) is 6.77. The van der Waals surface area contributed by atoms with Crippen LogP contribution in [-0.4, -0.2) is 6.54 Å². The molecule has 0 spiro atoms. The minimum Gasteiger partial charge on any atom is -0.330 e. The molecule has 3 heteroatoms. The van der Waals surface area contributed by atoms with Gasteiger partial charge in [0.15, 0.2) is 0 Å². The summed E-state index contributed by atoms with van der Waals surface area (Å²) in [4.78, 5) is 0. The molecule has 1 aromatic carbocycles. The first-order chi connectivity index (χ1) is 6.91. The van der Waals surface area contributed by atoms with Crippen molar-refractivity contribution < 1.29 is 0 Å². The maximum absolute atomic E-state index is 6.19. The van der Waals surface area contributed by atoms with E-state index in [9.17, 15) is 0 Å². The van der Waals surface area contributed by atoms with Crippen molar-refractivity contribution in [3.8, 4) is 0 Å². The second kappa shape index (κ2) is 4.73. The smallest absolute Gasteiger partial charge is 0.0445 e. The number of hydrogen-bond acceptors (Lipinski definition) is 1. The molecule has 0 radical (unpaired) electrons. The first-order valence-corrected chi connectivity index (χ1v) is 5.83. The maximum atomic E-state index is 6.19. The van der Waals surface area contributed by atoms with Gasteiger partial charge < -0.3 is 5.73 Å². The fourth-order valence-electron chi connectivity index (χ4n) is 1.59. The van der Waals surface area contributed by atoms with Crippen LogP contribution in [0.4, 0.5) is 0 Å². The van der Waals surface area contributed by atoms with Crippen LogP contribution in [0.25, 0.3) is 0 Å². The fraction of sp³-hybridized carbons (Fsp3) is 0.500. The van der Waals surface area contributed by atoms with Gasteiger partial charge in [0.2, 0.25) is 0 Å². The molecule has 0 aromatic heterocycles. The van der Waals surface area contributed by atoms with Crippen LogP contribution in [0.15, 0.2) is 18.2 Å². The SMILES string of the molecule is CC(C)C(C)(CN)c1cc(Cl)ccc1Cl. The van der Waals surface area contributed by atoms with Gasteiger partial charge >= 0.3 is 0 Å². The molecule has 0 saturated heterocycles. The van der Waals surface area contributed by atoms with Crippen LogP contribution in [0.1, 0.15) is 26.3 Å². The van der Waals surface area contributed by atoms with Crippen molar-refractivity contribution in [3.63, 3.8) is 0 Å². The van der Waals surface area contributed by atoms with E-state index >= 15 is 0 Å². The summed E-state index contributed by atoms with van der Waals surface area (Å²) in [5, 5.41) is 1.44. The Hall–Kier alpha value is -0.240. The highest BCUT2D eigenvalue weighted by Crippen LogP contribution is 2.36. The number of halogens is 2. The Morgan fingerprint density at radius 2 is 1.93 bits per heavy atom. The fourth-order valence-corrected chi connectivity index (χ4v) is 2.10. The van der Waals surface area contributed by atoms with Crippen molar-refractivity contribution >= 4 is 23.2 Å². The van der Waals surface area contributed by atoms with Crippen LogP contribution in [-0.2, 0) is 5.41 Å². The van der Waals surface area contributed by atoms with Crippen molar-refractivity contribution in [2.24, 2.45) is 11.7 Å². The van der Waals surface area contributed by atoms with E-state index in [0.29, 0.717) is 17.5 Å². The van der Waals surface area contributed by atoms with Crippen LogP contribution in [0, 0.1) is 5.92 Å². The van der Waals surface area contributed by atoms with Crippen LogP contribution < -0.4 is 5.73 Å². The first kappa shape index (κ1) is 12.8. The monoisotopic (exact) mass is 245 g/mol. The molecule has 1 unspecified atom stereocenters. The Morgan fingerprint density at radius 1 is 1.33 bits per heavy atom. The summed E-state index contributed by atoms with van der Waals surface area (Å²) in [5.74, 6) is 0.415. The molecule has 0 saturated carbocycles. The average molecular weight is 246 g/mol. The van der Waals surface area contributed by atoms with Gasteiger partial charge in [-0.25, -0.2) is 0 Å². The Bertz CT molecular complexity index is 349. The van der Waals surface area contributed by atoms with Crippen LogP contribution in [0.2, 0.25) is 10.0 Å². The molecule has 0 bridgehead atoms. The van der Waals surface area contributed by atoms with Crippen molar-refractivity contribution in [1.82, 2.24) is 0 Å². The Labute approximate surface area is 102 Å². The van der Waals surface area contributed by atoms with Crippen molar-refractivity contribution in [2.75, 3.05) is 6.54 Å². The molecular weight excluding hydrogens is 229 g/mol. The van der Waals surface area contributed by atoms with Gasteiger partial charge in [-0.2, -0.15) is 0 Å². The molecule has 1 aromatic rings. The lowest BCUT2D eigenvalue weighted by Gasteiger charge is -2.34. The van der Waals surface area contributed by atoms with Crippen LogP contribution in [0.3, 0.4) is 0 Å².